The van der Waals surface area contributed by atoms with Crippen LogP contribution in [0, 0.1) is 0 Å². The molecule has 0 spiro atoms. The molecule has 1 aromatic rings. The molecule has 0 saturated heterocycles. The van der Waals surface area contributed by atoms with Gasteiger partial charge in [0.2, 0.25) is 6.41 Å². The first-order chi connectivity index (χ1) is 8.19. The maximum absolute atomic E-state index is 10.2. The molecule has 1 aliphatic carbocycles. The third-order valence-corrected chi connectivity index (χ3v) is 3.18. The van der Waals surface area contributed by atoms with E-state index in [4.69, 9.17) is 4.74 Å². The molecule has 17 heavy (non-hydrogen) atoms. The van der Waals surface area contributed by atoms with Crippen molar-refractivity contribution in [2.75, 3.05) is 19.4 Å². The number of ether oxygens (including phenoxy) is 1. The van der Waals surface area contributed by atoms with E-state index < -0.39 is 0 Å². The second-order valence-corrected chi connectivity index (χ2v) is 4.62. The van der Waals surface area contributed by atoms with E-state index in [1.807, 2.05) is 24.3 Å². The summed E-state index contributed by atoms with van der Waals surface area (Å²) < 4.78 is 5.82. The molecule has 0 bridgehead atoms. The van der Waals surface area contributed by atoms with Crippen LogP contribution in [0.15, 0.2) is 24.3 Å². The number of benzene rings is 1. The summed E-state index contributed by atoms with van der Waals surface area (Å²) in [5.74, 6) is 0.864. The first kappa shape index (κ1) is 11.9. The lowest BCUT2D eigenvalue weighted by molar-refractivity contribution is -0.105. The second kappa shape index (κ2) is 5.19. The normalized spacial score (nSPS) is 23.0. The fraction of sp³-hybridized carbons (Fsp3) is 0.462. The minimum absolute atomic E-state index is 0.326. The SMILES string of the molecule is CN(C)C1CC(Oc2ccc(NC=O)cc2)C1. The number of rotatable bonds is 5. The van der Waals surface area contributed by atoms with Crippen LogP contribution in [-0.4, -0.2) is 37.6 Å². The largest absolute Gasteiger partial charge is 0.490 e. The number of amides is 1. The predicted octanol–water partition coefficient (Wildman–Crippen LogP) is 1.73. The van der Waals surface area contributed by atoms with Gasteiger partial charge in [0.25, 0.3) is 0 Å². The Bertz CT molecular complexity index is 370. The lowest BCUT2D eigenvalue weighted by atomic mass is 9.88. The van der Waals surface area contributed by atoms with Crippen LogP contribution in [0.25, 0.3) is 0 Å². The van der Waals surface area contributed by atoms with Crippen LogP contribution < -0.4 is 10.1 Å². The smallest absolute Gasteiger partial charge is 0.211 e. The lowest BCUT2D eigenvalue weighted by Crippen LogP contribution is -2.46. The molecule has 1 N–H and O–H groups in total. The molecule has 0 unspecified atom stereocenters. The summed E-state index contributed by atoms with van der Waals surface area (Å²) in [5, 5.41) is 2.60. The van der Waals surface area contributed by atoms with Crippen molar-refractivity contribution in [2.24, 2.45) is 0 Å². The highest BCUT2D eigenvalue weighted by molar-refractivity contribution is 5.71. The Hall–Kier alpha value is -1.55. The number of carbonyl (C=O) groups excluding carboxylic acids is 1. The van der Waals surface area contributed by atoms with E-state index in [2.05, 4.69) is 24.3 Å². The van der Waals surface area contributed by atoms with Crippen LogP contribution in [-0.2, 0) is 4.79 Å². The van der Waals surface area contributed by atoms with Crippen molar-refractivity contribution in [2.45, 2.75) is 25.0 Å². The molecule has 1 aliphatic rings. The van der Waals surface area contributed by atoms with Crippen molar-refractivity contribution < 1.29 is 9.53 Å². The Morgan fingerprint density at radius 1 is 1.29 bits per heavy atom. The fourth-order valence-electron chi connectivity index (χ4n) is 1.95. The minimum Gasteiger partial charge on any atom is -0.490 e. The van der Waals surface area contributed by atoms with Crippen LogP contribution in [0.1, 0.15) is 12.8 Å². The summed E-state index contributed by atoms with van der Waals surface area (Å²) >= 11 is 0. The molecule has 2 rings (SSSR count). The standard InChI is InChI=1S/C13H18N2O2/c1-15(2)11-7-13(8-11)17-12-5-3-10(4-6-12)14-9-16/h3-6,9,11,13H,7-8H2,1-2H3,(H,14,16). The first-order valence-corrected chi connectivity index (χ1v) is 5.82. The molecule has 1 amide bonds. The molecule has 4 nitrogen and oxygen atoms in total. The van der Waals surface area contributed by atoms with Gasteiger partial charge in [-0.3, -0.25) is 4.79 Å². The summed E-state index contributed by atoms with van der Waals surface area (Å²) in [6, 6.07) is 8.09. The summed E-state index contributed by atoms with van der Waals surface area (Å²) in [6.45, 7) is 0. The molecule has 1 saturated carbocycles. The maximum atomic E-state index is 10.2. The van der Waals surface area contributed by atoms with Gasteiger partial charge in [-0.25, -0.2) is 0 Å². The zero-order valence-electron chi connectivity index (χ0n) is 10.2. The van der Waals surface area contributed by atoms with Crippen LogP contribution in [0.2, 0.25) is 0 Å². The van der Waals surface area contributed by atoms with Gasteiger partial charge in [-0.2, -0.15) is 0 Å². The molecule has 1 fully saturated rings. The van der Waals surface area contributed by atoms with Crippen molar-refractivity contribution in [1.82, 2.24) is 4.90 Å². The Morgan fingerprint density at radius 3 is 2.47 bits per heavy atom. The lowest BCUT2D eigenvalue weighted by Gasteiger charge is -2.39. The Kier molecular flexibility index (Phi) is 3.64. The monoisotopic (exact) mass is 234 g/mol. The summed E-state index contributed by atoms with van der Waals surface area (Å²) in [6.07, 6.45) is 3.17. The molecule has 1 aromatic carbocycles. The number of anilines is 1. The quantitative estimate of drug-likeness (QED) is 0.789. The number of nitrogens with zero attached hydrogens (tertiary/aromatic N) is 1. The Labute approximate surface area is 102 Å². The van der Waals surface area contributed by atoms with E-state index in [0.717, 1.165) is 24.3 Å². The van der Waals surface area contributed by atoms with Crippen molar-refractivity contribution in [3.8, 4) is 5.75 Å². The zero-order chi connectivity index (χ0) is 12.3. The predicted molar refractivity (Wildman–Crippen MR) is 67.3 cm³/mol. The molecule has 92 valence electrons. The summed E-state index contributed by atoms with van der Waals surface area (Å²) in [7, 11) is 4.20. The van der Waals surface area contributed by atoms with Gasteiger partial charge < -0.3 is 15.0 Å². The van der Waals surface area contributed by atoms with Crippen molar-refractivity contribution in [3.05, 3.63) is 24.3 Å². The van der Waals surface area contributed by atoms with Crippen LogP contribution in [0.3, 0.4) is 0 Å². The highest BCUT2D eigenvalue weighted by Gasteiger charge is 2.32. The van der Waals surface area contributed by atoms with Gasteiger partial charge in [-0.1, -0.05) is 0 Å². The van der Waals surface area contributed by atoms with Crippen molar-refractivity contribution in [1.29, 1.82) is 0 Å². The van der Waals surface area contributed by atoms with Crippen LogP contribution in [0.4, 0.5) is 5.69 Å². The van der Waals surface area contributed by atoms with Crippen LogP contribution in [0.5, 0.6) is 5.75 Å². The van der Waals surface area contributed by atoms with Crippen LogP contribution >= 0.6 is 0 Å². The average molecular weight is 234 g/mol. The number of hydrogen-bond donors (Lipinski definition) is 1. The van der Waals surface area contributed by atoms with E-state index in [0.29, 0.717) is 18.6 Å². The van der Waals surface area contributed by atoms with E-state index in [-0.39, 0.29) is 0 Å². The van der Waals surface area contributed by atoms with Gasteiger partial charge in [0.1, 0.15) is 11.9 Å². The highest BCUT2D eigenvalue weighted by Crippen LogP contribution is 2.28. The third-order valence-electron chi connectivity index (χ3n) is 3.18. The molecular formula is C13H18N2O2. The van der Waals surface area contributed by atoms with Gasteiger partial charge in [0.05, 0.1) is 0 Å². The minimum atomic E-state index is 0.326. The number of carbonyl (C=O) groups is 1. The van der Waals surface area contributed by atoms with E-state index in [1.165, 1.54) is 0 Å². The maximum Gasteiger partial charge on any atom is 0.211 e. The zero-order valence-corrected chi connectivity index (χ0v) is 10.2. The third kappa shape index (κ3) is 2.97. The molecule has 4 heteroatoms. The molecule has 0 aromatic heterocycles. The fourth-order valence-corrected chi connectivity index (χ4v) is 1.95. The topological polar surface area (TPSA) is 41.6 Å². The molecule has 0 aliphatic heterocycles. The van der Waals surface area contributed by atoms with Gasteiger partial charge >= 0.3 is 0 Å². The molecule has 0 atom stereocenters. The summed E-state index contributed by atoms with van der Waals surface area (Å²) in [4.78, 5) is 12.5. The molecule has 0 heterocycles. The average Bonchev–Trinajstić information content (AvgIpc) is 2.25. The molecule has 0 radical (unpaired) electrons. The highest BCUT2D eigenvalue weighted by atomic mass is 16.5. The first-order valence-electron chi connectivity index (χ1n) is 5.82. The van der Waals surface area contributed by atoms with Crippen molar-refractivity contribution >= 4 is 12.1 Å². The van der Waals surface area contributed by atoms with E-state index >= 15 is 0 Å². The Balaban J connectivity index is 1.82. The second-order valence-electron chi connectivity index (χ2n) is 4.62. The number of hydrogen-bond acceptors (Lipinski definition) is 3. The molecular weight excluding hydrogens is 216 g/mol. The van der Waals surface area contributed by atoms with E-state index in [1.54, 1.807) is 0 Å². The van der Waals surface area contributed by atoms with Crippen molar-refractivity contribution in [3.63, 3.8) is 0 Å². The number of nitrogens with one attached hydrogen (secondary N) is 1. The van der Waals surface area contributed by atoms with Gasteiger partial charge in [0.15, 0.2) is 0 Å². The van der Waals surface area contributed by atoms with Gasteiger partial charge in [-0.05, 0) is 51.2 Å². The van der Waals surface area contributed by atoms with E-state index in [9.17, 15) is 4.79 Å². The van der Waals surface area contributed by atoms with Gasteiger partial charge in [0, 0.05) is 11.7 Å². The summed E-state index contributed by atoms with van der Waals surface area (Å²) in [5.41, 5.74) is 0.784. The Morgan fingerprint density at radius 2 is 1.94 bits per heavy atom. The van der Waals surface area contributed by atoms with Gasteiger partial charge in [-0.15, -0.1) is 0 Å².